The number of anilines is 1. The van der Waals surface area contributed by atoms with Gasteiger partial charge in [-0.25, -0.2) is 9.78 Å². The number of aromatic nitrogens is 2. The number of nitrogens with zero attached hydrogens (tertiary/aromatic N) is 3. The third-order valence-electron chi connectivity index (χ3n) is 3.37. The monoisotopic (exact) mass is 292 g/mol. The van der Waals surface area contributed by atoms with Gasteiger partial charge in [-0.3, -0.25) is 0 Å². The number of hydrogen-bond acceptors (Lipinski definition) is 4. The molecule has 0 spiro atoms. The summed E-state index contributed by atoms with van der Waals surface area (Å²) in [5.74, 6) is 0.760. The smallest absolute Gasteiger partial charge is 0.404 e. The van der Waals surface area contributed by atoms with Crippen molar-refractivity contribution in [1.29, 1.82) is 0 Å². The summed E-state index contributed by atoms with van der Waals surface area (Å²) in [6.07, 6.45) is -0.246. The van der Waals surface area contributed by atoms with Gasteiger partial charge >= 0.3 is 6.09 Å². The number of hydrogen-bond donors (Lipinski definition) is 2. The van der Waals surface area contributed by atoms with Crippen LogP contribution in [-0.4, -0.2) is 40.3 Å². The van der Waals surface area contributed by atoms with E-state index in [0.29, 0.717) is 6.54 Å². The first-order valence-corrected chi connectivity index (χ1v) is 6.68. The minimum absolute atomic E-state index is 0.0833. The van der Waals surface area contributed by atoms with Crippen molar-refractivity contribution >= 4 is 34.4 Å². The van der Waals surface area contributed by atoms with E-state index in [-0.39, 0.29) is 11.3 Å². The summed E-state index contributed by atoms with van der Waals surface area (Å²) in [7, 11) is 0. The van der Waals surface area contributed by atoms with Gasteiger partial charge in [0.2, 0.25) is 5.28 Å². The van der Waals surface area contributed by atoms with E-state index in [9.17, 15) is 4.79 Å². The molecule has 1 atom stereocenters. The molecule has 1 aliphatic heterocycles. The van der Waals surface area contributed by atoms with Crippen molar-refractivity contribution in [3.05, 3.63) is 29.5 Å². The first-order valence-electron chi connectivity index (χ1n) is 6.30. The molecule has 0 saturated carbocycles. The number of carboxylic acid groups (broad SMARTS) is 1. The number of nitrogens with one attached hydrogen (secondary N) is 1. The average Bonchev–Trinajstić information content (AvgIpc) is 2.85. The molecule has 20 heavy (non-hydrogen) atoms. The van der Waals surface area contributed by atoms with E-state index in [0.717, 1.165) is 29.7 Å². The Hall–Kier alpha value is -2.08. The maximum Gasteiger partial charge on any atom is 0.404 e. The molecule has 6 nitrogen and oxygen atoms in total. The molecule has 2 N–H and O–H groups in total. The van der Waals surface area contributed by atoms with Crippen LogP contribution in [0.15, 0.2) is 24.3 Å². The number of benzene rings is 1. The lowest BCUT2D eigenvalue weighted by Crippen LogP contribution is -2.36. The lowest BCUT2D eigenvalue weighted by molar-refractivity contribution is 0.191. The van der Waals surface area contributed by atoms with Crippen molar-refractivity contribution in [3.8, 4) is 0 Å². The summed E-state index contributed by atoms with van der Waals surface area (Å²) >= 11 is 5.96. The fourth-order valence-corrected chi connectivity index (χ4v) is 2.69. The normalized spacial score (nSPS) is 18.4. The van der Waals surface area contributed by atoms with Gasteiger partial charge in [-0.15, -0.1) is 0 Å². The highest BCUT2D eigenvalue weighted by Gasteiger charge is 2.26. The number of carbonyl (C=O) groups is 1. The van der Waals surface area contributed by atoms with Gasteiger partial charge in [0, 0.05) is 18.5 Å². The highest BCUT2D eigenvalue weighted by Crippen LogP contribution is 2.27. The molecule has 2 aromatic rings. The van der Waals surface area contributed by atoms with Crippen LogP contribution in [0, 0.1) is 0 Å². The van der Waals surface area contributed by atoms with Crippen LogP contribution < -0.4 is 10.2 Å². The molecule has 3 rings (SSSR count). The van der Waals surface area contributed by atoms with Crippen LogP contribution in [0.5, 0.6) is 0 Å². The molecule has 7 heteroatoms. The molecule has 1 amide bonds. The first kappa shape index (κ1) is 12.9. The van der Waals surface area contributed by atoms with Gasteiger partial charge in [0.05, 0.1) is 11.6 Å². The van der Waals surface area contributed by atoms with Gasteiger partial charge in [0.25, 0.3) is 0 Å². The minimum atomic E-state index is -0.998. The van der Waals surface area contributed by atoms with Gasteiger partial charge in [0.15, 0.2) is 0 Å². The predicted octanol–water partition coefficient (Wildman–Crippen LogP) is 2.13. The van der Waals surface area contributed by atoms with Gasteiger partial charge in [-0.2, -0.15) is 4.98 Å². The van der Waals surface area contributed by atoms with Crippen molar-refractivity contribution in [1.82, 2.24) is 15.3 Å². The molecular formula is C13H13ClN4O2. The van der Waals surface area contributed by atoms with Crippen LogP contribution in [0.25, 0.3) is 10.9 Å². The molecule has 1 fully saturated rings. The topological polar surface area (TPSA) is 78.4 Å². The second kappa shape index (κ2) is 5.13. The molecule has 1 unspecified atom stereocenters. The largest absolute Gasteiger partial charge is 0.465 e. The van der Waals surface area contributed by atoms with Crippen LogP contribution in [-0.2, 0) is 0 Å². The van der Waals surface area contributed by atoms with E-state index < -0.39 is 6.09 Å². The maximum atomic E-state index is 10.7. The highest BCUT2D eigenvalue weighted by atomic mass is 35.5. The van der Waals surface area contributed by atoms with E-state index in [4.69, 9.17) is 16.7 Å². The molecule has 1 aromatic heterocycles. The molecule has 0 radical (unpaired) electrons. The van der Waals surface area contributed by atoms with Gasteiger partial charge in [-0.1, -0.05) is 12.1 Å². The molecule has 1 aliphatic rings. The Kier molecular flexibility index (Phi) is 3.31. The van der Waals surface area contributed by atoms with Gasteiger partial charge < -0.3 is 15.3 Å². The summed E-state index contributed by atoms with van der Waals surface area (Å²) in [6.45, 7) is 1.33. The Morgan fingerprint density at radius 3 is 3.00 bits per heavy atom. The van der Waals surface area contributed by atoms with Crippen LogP contribution in [0.3, 0.4) is 0 Å². The lowest BCUT2D eigenvalue weighted by atomic mass is 10.2. The standard InChI is InChI=1S/C13H13ClN4O2/c14-12-16-10-4-2-1-3-9(10)11(17-12)18-6-5-8(7-18)15-13(19)20/h1-4,8,15H,5-7H2,(H,19,20). The van der Waals surface area contributed by atoms with Crippen molar-refractivity contribution in [2.75, 3.05) is 18.0 Å². The van der Waals surface area contributed by atoms with Crippen molar-refractivity contribution < 1.29 is 9.90 Å². The van der Waals surface area contributed by atoms with E-state index in [1.165, 1.54) is 0 Å². The number of halogens is 1. The van der Waals surface area contributed by atoms with Crippen molar-refractivity contribution in [3.63, 3.8) is 0 Å². The predicted molar refractivity (Wildman–Crippen MR) is 76.3 cm³/mol. The quantitative estimate of drug-likeness (QED) is 0.829. The third-order valence-corrected chi connectivity index (χ3v) is 3.54. The number of fused-ring (bicyclic) bond motifs is 1. The highest BCUT2D eigenvalue weighted by molar-refractivity contribution is 6.28. The molecule has 104 valence electrons. The third kappa shape index (κ3) is 2.46. The van der Waals surface area contributed by atoms with E-state index in [1.54, 1.807) is 0 Å². The lowest BCUT2D eigenvalue weighted by Gasteiger charge is -2.19. The summed E-state index contributed by atoms with van der Waals surface area (Å²) < 4.78 is 0. The number of rotatable bonds is 2. The van der Waals surface area contributed by atoms with Gasteiger partial charge in [0.1, 0.15) is 5.82 Å². The first-order chi connectivity index (χ1) is 9.63. The zero-order valence-electron chi connectivity index (χ0n) is 10.6. The number of para-hydroxylation sites is 1. The summed E-state index contributed by atoms with van der Waals surface area (Å²) in [5, 5.41) is 12.4. The summed E-state index contributed by atoms with van der Waals surface area (Å²) in [4.78, 5) is 21.2. The molecule has 0 aliphatic carbocycles. The molecular weight excluding hydrogens is 280 g/mol. The summed E-state index contributed by atoms with van der Waals surface area (Å²) in [6, 6.07) is 7.56. The molecule has 0 bridgehead atoms. The van der Waals surface area contributed by atoms with Crippen LogP contribution in [0.4, 0.5) is 10.6 Å². The van der Waals surface area contributed by atoms with Crippen LogP contribution in [0.2, 0.25) is 5.28 Å². The van der Waals surface area contributed by atoms with Gasteiger partial charge in [-0.05, 0) is 30.2 Å². The zero-order chi connectivity index (χ0) is 14.1. The van der Waals surface area contributed by atoms with Crippen LogP contribution in [0.1, 0.15) is 6.42 Å². The second-order valence-corrected chi connectivity index (χ2v) is 5.05. The minimum Gasteiger partial charge on any atom is -0.465 e. The SMILES string of the molecule is O=C(O)NC1CCN(c2nc(Cl)nc3ccccc23)C1. The summed E-state index contributed by atoms with van der Waals surface area (Å²) in [5.41, 5.74) is 0.789. The Bertz CT molecular complexity index is 664. The fraction of sp³-hybridized carbons (Fsp3) is 0.308. The second-order valence-electron chi connectivity index (χ2n) is 4.71. The zero-order valence-corrected chi connectivity index (χ0v) is 11.3. The van der Waals surface area contributed by atoms with Crippen molar-refractivity contribution in [2.24, 2.45) is 0 Å². The molecule has 1 saturated heterocycles. The average molecular weight is 293 g/mol. The maximum absolute atomic E-state index is 10.7. The van der Waals surface area contributed by atoms with E-state index in [1.807, 2.05) is 29.2 Å². The number of amides is 1. The molecule has 2 heterocycles. The Labute approximate surface area is 120 Å². The van der Waals surface area contributed by atoms with Crippen LogP contribution >= 0.6 is 11.6 Å². The Morgan fingerprint density at radius 1 is 1.40 bits per heavy atom. The fourth-order valence-electron chi connectivity index (χ4n) is 2.52. The Morgan fingerprint density at radius 2 is 2.20 bits per heavy atom. The van der Waals surface area contributed by atoms with E-state index in [2.05, 4.69) is 15.3 Å². The molecule has 1 aromatic carbocycles. The Balaban J connectivity index is 1.93. The van der Waals surface area contributed by atoms with E-state index >= 15 is 0 Å². The van der Waals surface area contributed by atoms with Crippen molar-refractivity contribution in [2.45, 2.75) is 12.5 Å².